The number of nitrogens with two attached hydrogens (primary N) is 1. The van der Waals surface area contributed by atoms with Gasteiger partial charge < -0.3 is 15.5 Å². The summed E-state index contributed by atoms with van der Waals surface area (Å²) in [5.41, 5.74) is 6.26. The van der Waals surface area contributed by atoms with Gasteiger partial charge >= 0.3 is 6.18 Å². The molecule has 0 radical (unpaired) electrons. The maximum atomic E-state index is 13.2. The number of alkyl halides is 3. The highest BCUT2D eigenvalue weighted by molar-refractivity contribution is 6.01. The number of carbonyl (C=O) groups is 1. The Morgan fingerprint density at radius 2 is 2.03 bits per heavy atom. The number of aromatic nitrogens is 3. The molecule has 3 aromatic rings. The van der Waals surface area contributed by atoms with E-state index in [0.717, 1.165) is 0 Å². The molecule has 1 unspecified atom stereocenters. The second-order valence-electron chi connectivity index (χ2n) is 8.20. The first kappa shape index (κ1) is 19.8. The summed E-state index contributed by atoms with van der Waals surface area (Å²) in [4.78, 5) is 25.2. The van der Waals surface area contributed by atoms with Crippen LogP contribution in [0.4, 0.5) is 19.0 Å². The second kappa shape index (κ2) is 6.66. The maximum Gasteiger partial charge on any atom is 0.392 e. The van der Waals surface area contributed by atoms with Crippen LogP contribution in [0, 0.1) is 5.92 Å². The minimum Gasteiger partial charge on any atom is -0.441 e. The molecule has 10 heteroatoms. The molecule has 1 fully saturated rings. The summed E-state index contributed by atoms with van der Waals surface area (Å²) < 4.78 is 45.4. The normalized spacial score (nSPS) is 19.8. The number of primary amides is 1. The summed E-state index contributed by atoms with van der Waals surface area (Å²) in [6.07, 6.45) is 0.173. The molecule has 3 N–H and O–H groups in total. The molecule has 5 rings (SSSR count). The Morgan fingerprint density at radius 1 is 1.26 bits per heavy atom. The van der Waals surface area contributed by atoms with Crippen LogP contribution in [0.15, 0.2) is 22.9 Å². The zero-order valence-corrected chi connectivity index (χ0v) is 16.7. The van der Waals surface area contributed by atoms with Crippen LogP contribution in [0.5, 0.6) is 0 Å². The van der Waals surface area contributed by atoms with Crippen molar-refractivity contribution >= 4 is 22.5 Å². The summed E-state index contributed by atoms with van der Waals surface area (Å²) in [6.45, 7) is 0. The Hall–Kier alpha value is -3.17. The highest BCUT2D eigenvalue weighted by Gasteiger charge is 2.51. The molecule has 1 atom stereocenters. The molecule has 7 nitrogen and oxygen atoms in total. The maximum absolute atomic E-state index is 13.2. The van der Waals surface area contributed by atoms with E-state index in [1.54, 1.807) is 25.5 Å². The van der Waals surface area contributed by atoms with Crippen LogP contribution in [0.2, 0.25) is 0 Å². The third kappa shape index (κ3) is 3.12. The number of nitrogens with zero attached hydrogens (tertiary/aromatic N) is 3. The van der Waals surface area contributed by atoms with Crippen molar-refractivity contribution in [2.45, 2.75) is 43.7 Å². The van der Waals surface area contributed by atoms with E-state index in [1.165, 1.54) is 0 Å². The number of fused-ring (bicyclic) bond motifs is 2. The lowest BCUT2D eigenvalue weighted by Gasteiger charge is -2.22. The zero-order chi connectivity index (χ0) is 22.0. The quantitative estimate of drug-likeness (QED) is 0.655. The van der Waals surface area contributed by atoms with Gasteiger partial charge in [0.1, 0.15) is 11.6 Å². The summed E-state index contributed by atoms with van der Waals surface area (Å²) in [5.74, 6) is -0.565. The summed E-state index contributed by atoms with van der Waals surface area (Å²) in [7, 11) is 1.72. The highest BCUT2D eigenvalue weighted by Crippen LogP contribution is 2.48. The first-order chi connectivity index (χ1) is 14.7. The number of nitrogens with one attached hydrogen (secondary N) is 1. The third-order valence-corrected chi connectivity index (χ3v) is 6.35. The Labute approximate surface area is 175 Å². The number of amides is 1. The van der Waals surface area contributed by atoms with Crippen molar-refractivity contribution in [3.8, 4) is 11.5 Å². The number of hydrogen-bond acceptors (Lipinski definition) is 6. The Bertz CT molecular complexity index is 1200. The number of pyridine rings is 2. The Morgan fingerprint density at radius 3 is 2.68 bits per heavy atom. The van der Waals surface area contributed by atoms with Crippen molar-refractivity contribution in [1.82, 2.24) is 15.0 Å². The number of hydrogen-bond donors (Lipinski definition) is 2. The topological polar surface area (TPSA) is 107 Å². The van der Waals surface area contributed by atoms with Crippen LogP contribution in [-0.4, -0.2) is 34.1 Å². The fraction of sp³-hybridized carbons (Fsp3) is 0.429. The van der Waals surface area contributed by atoms with E-state index in [1.807, 2.05) is 0 Å². The second-order valence-corrected chi connectivity index (χ2v) is 8.20. The lowest BCUT2D eigenvalue weighted by Crippen LogP contribution is -2.29. The molecule has 0 saturated heterocycles. The monoisotopic (exact) mass is 431 g/mol. The molecule has 2 aliphatic carbocycles. The molecule has 0 aromatic carbocycles. The SMILES string of the molecule is CNc1ncc(-c2nc3c(o2)CCC(C(F)(F)F)C3)c2cc(C3(C(N)=O)CC3)ncc12. The van der Waals surface area contributed by atoms with Gasteiger partial charge in [-0.05, 0) is 25.3 Å². The molecule has 0 spiro atoms. The lowest BCUT2D eigenvalue weighted by molar-refractivity contribution is -0.177. The standard InChI is InChI=1S/C21H20F3N5O2/c1-26-17-12-8-27-16(20(4-5-20)19(25)30)7-11(12)13(9-28-17)18-29-14-6-10(21(22,23)24)2-3-15(14)31-18/h7-10H,2-6H2,1H3,(H2,25,30)(H,26,28). The smallest absolute Gasteiger partial charge is 0.392 e. The highest BCUT2D eigenvalue weighted by atomic mass is 19.4. The van der Waals surface area contributed by atoms with Gasteiger partial charge in [-0.3, -0.25) is 9.78 Å². The minimum atomic E-state index is -4.26. The van der Waals surface area contributed by atoms with E-state index in [2.05, 4.69) is 20.3 Å². The molecule has 3 heterocycles. The number of rotatable bonds is 4. The fourth-order valence-electron chi connectivity index (χ4n) is 4.29. The minimum absolute atomic E-state index is 0.0158. The van der Waals surface area contributed by atoms with Crippen molar-refractivity contribution < 1.29 is 22.4 Å². The number of carbonyl (C=O) groups excluding carboxylic acids is 1. The van der Waals surface area contributed by atoms with Crippen LogP contribution in [0.3, 0.4) is 0 Å². The predicted molar refractivity (Wildman–Crippen MR) is 106 cm³/mol. The number of aryl methyl sites for hydroxylation is 1. The van der Waals surface area contributed by atoms with E-state index in [0.29, 0.717) is 52.1 Å². The summed E-state index contributed by atoms with van der Waals surface area (Å²) in [6, 6.07) is 1.78. The van der Waals surface area contributed by atoms with Gasteiger partial charge in [0.05, 0.1) is 28.3 Å². The first-order valence-corrected chi connectivity index (χ1v) is 10.1. The summed E-state index contributed by atoms with van der Waals surface area (Å²) in [5, 5.41) is 4.38. The average molecular weight is 431 g/mol. The van der Waals surface area contributed by atoms with Crippen molar-refractivity contribution in [1.29, 1.82) is 0 Å². The number of halogens is 3. The zero-order valence-electron chi connectivity index (χ0n) is 16.7. The molecular weight excluding hydrogens is 411 g/mol. The van der Waals surface area contributed by atoms with Gasteiger partial charge in [0.15, 0.2) is 0 Å². The molecule has 2 aliphatic rings. The van der Waals surface area contributed by atoms with E-state index < -0.39 is 23.4 Å². The molecule has 3 aromatic heterocycles. The molecule has 1 amide bonds. The molecule has 31 heavy (non-hydrogen) atoms. The van der Waals surface area contributed by atoms with E-state index in [9.17, 15) is 18.0 Å². The van der Waals surface area contributed by atoms with Crippen LogP contribution in [0.1, 0.15) is 36.4 Å². The van der Waals surface area contributed by atoms with Crippen molar-refractivity contribution in [2.24, 2.45) is 11.7 Å². The van der Waals surface area contributed by atoms with Crippen LogP contribution < -0.4 is 11.1 Å². The molecule has 0 aliphatic heterocycles. The van der Waals surface area contributed by atoms with Gasteiger partial charge in [0.2, 0.25) is 11.8 Å². The van der Waals surface area contributed by atoms with E-state index in [-0.39, 0.29) is 25.2 Å². The average Bonchev–Trinajstić information content (AvgIpc) is 3.45. The van der Waals surface area contributed by atoms with Crippen LogP contribution in [0.25, 0.3) is 22.2 Å². The van der Waals surface area contributed by atoms with Gasteiger partial charge in [-0.25, -0.2) is 9.97 Å². The van der Waals surface area contributed by atoms with Crippen LogP contribution >= 0.6 is 0 Å². The van der Waals surface area contributed by atoms with Crippen LogP contribution in [-0.2, 0) is 23.1 Å². The molecular formula is C21H20F3N5O2. The van der Waals surface area contributed by atoms with E-state index in [4.69, 9.17) is 10.2 Å². The van der Waals surface area contributed by atoms with Gasteiger partial charge in [0, 0.05) is 43.1 Å². The number of oxazole rings is 1. The van der Waals surface area contributed by atoms with Gasteiger partial charge in [0.25, 0.3) is 0 Å². The van der Waals surface area contributed by atoms with Gasteiger partial charge in [-0.2, -0.15) is 13.2 Å². The third-order valence-electron chi connectivity index (χ3n) is 6.35. The molecule has 0 bridgehead atoms. The fourth-order valence-corrected chi connectivity index (χ4v) is 4.29. The molecule has 1 saturated carbocycles. The van der Waals surface area contributed by atoms with Crippen molar-refractivity contribution in [3.05, 3.63) is 35.6 Å². The molecule has 162 valence electrons. The van der Waals surface area contributed by atoms with Gasteiger partial charge in [-0.15, -0.1) is 0 Å². The Kier molecular flexibility index (Phi) is 4.25. The first-order valence-electron chi connectivity index (χ1n) is 10.1. The van der Waals surface area contributed by atoms with Crippen molar-refractivity contribution in [2.75, 3.05) is 12.4 Å². The van der Waals surface area contributed by atoms with Crippen molar-refractivity contribution in [3.63, 3.8) is 0 Å². The largest absolute Gasteiger partial charge is 0.441 e. The predicted octanol–water partition coefficient (Wildman–Crippen LogP) is 3.51. The number of anilines is 1. The van der Waals surface area contributed by atoms with Gasteiger partial charge in [-0.1, -0.05) is 0 Å². The Balaban J connectivity index is 1.62. The van der Waals surface area contributed by atoms with E-state index >= 15 is 0 Å². The lowest BCUT2D eigenvalue weighted by atomic mass is 9.90. The summed E-state index contributed by atoms with van der Waals surface area (Å²) >= 11 is 0.